The third-order valence-corrected chi connectivity index (χ3v) is 8.93. The van der Waals surface area contributed by atoms with E-state index >= 15 is 0 Å². The quantitative estimate of drug-likeness (QED) is 0.160. The van der Waals surface area contributed by atoms with Crippen LogP contribution in [0.15, 0.2) is 79.1 Å². The van der Waals surface area contributed by atoms with Crippen molar-refractivity contribution in [3.8, 4) is 5.88 Å². The summed E-state index contributed by atoms with van der Waals surface area (Å²) in [6, 6.07) is 20.9. The molecule has 0 saturated carbocycles. The van der Waals surface area contributed by atoms with E-state index in [2.05, 4.69) is 50.9 Å². The number of nitrogens with zero attached hydrogens (tertiary/aromatic N) is 5. The van der Waals surface area contributed by atoms with Crippen LogP contribution in [0.5, 0.6) is 5.88 Å². The highest BCUT2D eigenvalue weighted by molar-refractivity contribution is 6.30. The summed E-state index contributed by atoms with van der Waals surface area (Å²) in [5.41, 5.74) is 5.80. The second-order valence-corrected chi connectivity index (χ2v) is 12.2. The molecule has 1 atom stereocenters. The summed E-state index contributed by atoms with van der Waals surface area (Å²) < 4.78 is 28.2. The van der Waals surface area contributed by atoms with E-state index < -0.39 is 0 Å². The molecule has 0 N–H and O–H groups in total. The van der Waals surface area contributed by atoms with E-state index in [1.54, 1.807) is 18.3 Å². The molecular formula is C36H35ClFN5O2. The zero-order chi connectivity index (χ0) is 30.6. The fraction of sp³-hybridized carbons (Fsp3) is 0.306. The molecule has 0 bridgehead atoms. The molecule has 0 aliphatic carbocycles. The first-order chi connectivity index (χ1) is 22.1. The van der Waals surface area contributed by atoms with Crippen molar-refractivity contribution in [2.75, 3.05) is 19.7 Å². The number of likely N-dealkylation sites (tertiary alicyclic amines) is 1. The second kappa shape index (κ2) is 13.5. The van der Waals surface area contributed by atoms with Gasteiger partial charge in [0.2, 0.25) is 5.88 Å². The molecule has 7 nitrogen and oxygen atoms in total. The monoisotopic (exact) mass is 623 g/mol. The number of aromatic nitrogens is 4. The van der Waals surface area contributed by atoms with Crippen LogP contribution in [0.25, 0.3) is 23.2 Å². The Morgan fingerprint density at radius 3 is 2.60 bits per heavy atom. The fourth-order valence-corrected chi connectivity index (χ4v) is 6.20. The molecule has 230 valence electrons. The van der Waals surface area contributed by atoms with Gasteiger partial charge in [0.1, 0.15) is 18.2 Å². The number of pyridine rings is 2. The molecule has 2 fully saturated rings. The van der Waals surface area contributed by atoms with Gasteiger partial charge in [-0.25, -0.2) is 14.4 Å². The lowest BCUT2D eigenvalue weighted by atomic mass is 9.93. The number of benzene rings is 2. The van der Waals surface area contributed by atoms with E-state index in [0.717, 1.165) is 85.7 Å². The number of fused-ring (bicyclic) bond motifs is 1. The van der Waals surface area contributed by atoms with E-state index in [-0.39, 0.29) is 18.5 Å². The number of hydrogen-bond acceptors (Lipinski definition) is 6. The van der Waals surface area contributed by atoms with Crippen molar-refractivity contribution in [3.05, 3.63) is 118 Å². The molecule has 1 unspecified atom stereocenters. The topological polar surface area (TPSA) is 65.3 Å². The number of hydrogen-bond donors (Lipinski definition) is 0. The van der Waals surface area contributed by atoms with Crippen molar-refractivity contribution in [3.63, 3.8) is 0 Å². The van der Waals surface area contributed by atoms with Crippen molar-refractivity contribution < 1.29 is 13.9 Å². The molecule has 0 amide bonds. The third kappa shape index (κ3) is 7.09. The molecule has 9 heteroatoms. The minimum absolute atomic E-state index is 0.104. The van der Waals surface area contributed by atoms with Gasteiger partial charge in [-0.05, 0) is 79.9 Å². The molecular weight excluding hydrogens is 589 g/mol. The maximum atomic E-state index is 14.2. The molecule has 0 radical (unpaired) electrons. The highest BCUT2D eigenvalue weighted by atomic mass is 35.5. The van der Waals surface area contributed by atoms with Crippen LogP contribution in [0.2, 0.25) is 5.02 Å². The smallest absolute Gasteiger partial charge is 0.213 e. The first kappa shape index (κ1) is 29.6. The Bertz CT molecular complexity index is 1800. The third-order valence-electron chi connectivity index (χ3n) is 8.69. The van der Waals surface area contributed by atoms with Gasteiger partial charge in [0.25, 0.3) is 0 Å². The van der Waals surface area contributed by atoms with Crippen LogP contribution in [-0.2, 0) is 24.4 Å². The van der Waals surface area contributed by atoms with Crippen molar-refractivity contribution in [1.29, 1.82) is 0 Å². The number of rotatable bonds is 10. The van der Waals surface area contributed by atoms with Gasteiger partial charge in [0.15, 0.2) is 0 Å². The summed E-state index contributed by atoms with van der Waals surface area (Å²) in [5, 5.41) is 0.367. The number of halogens is 2. The van der Waals surface area contributed by atoms with E-state index in [1.807, 2.05) is 30.5 Å². The van der Waals surface area contributed by atoms with Gasteiger partial charge in [-0.15, -0.1) is 0 Å². The van der Waals surface area contributed by atoms with Crippen LogP contribution in [0, 0.1) is 5.82 Å². The summed E-state index contributed by atoms with van der Waals surface area (Å²) in [6.07, 6.45) is 11.2. The van der Waals surface area contributed by atoms with Gasteiger partial charge >= 0.3 is 0 Å². The van der Waals surface area contributed by atoms with E-state index in [9.17, 15) is 4.39 Å². The first-order valence-electron chi connectivity index (χ1n) is 15.5. The van der Waals surface area contributed by atoms with Gasteiger partial charge in [-0.1, -0.05) is 48.0 Å². The number of ether oxygens (including phenoxy) is 2. The minimum atomic E-state index is -0.377. The van der Waals surface area contributed by atoms with Crippen molar-refractivity contribution in [2.45, 2.75) is 51.0 Å². The highest BCUT2D eigenvalue weighted by Gasteiger charge is 2.26. The SMILES string of the molecule is Fc1cc(Cl)ccc1COc1cccc(C2CCN(Cc3nc4cc(/C=C/c5cccnc5)ccc4n3CC3CCO3)CC2)n1. The summed E-state index contributed by atoms with van der Waals surface area (Å²) in [7, 11) is 0. The zero-order valence-corrected chi connectivity index (χ0v) is 25.7. The number of imidazole rings is 1. The second-order valence-electron chi connectivity index (χ2n) is 11.8. The molecule has 2 aromatic carbocycles. The van der Waals surface area contributed by atoms with Gasteiger partial charge in [-0.3, -0.25) is 9.88 Å². The maximum absolute atomic E-state index is 14.2. The molecule has 2 aliphatic rings. The molecule has 0 spiro atoms. The Morgan fingerprint density at radius 2 is 1.82 bits per heavy atom. The molecule has 5 heterocycles. The summed E-state index contributed by atoms with van der Waals surface area (Å²) in [5.74, 6) is 1.55. The zero-order valence-electron chi connectivity index (χ0n) is 25.0. The lowest BCUT2D eigenvalue weighted by molar-refractivity contribution is -0.0592. The lowest BCUT2D eigenvalue weighted by Crippen LogP contribution is -2.35. The van der Waals surface area contributed by atoms with Gasteiger partial charge in [0.05, 0.1) is 30.2 Å². The Kier molecular flexibility index (Phi) is 8.87. The molecule has 2 aliphatic heterocycles. The Hall–Kier alpha value is -4.11. The minimum Gasteiger partial charge on any atom is -0.473 e. The van der Waals surface area contributed by atoms with E-state index in [4.69, 9.17) is 31.0 Å². The normalized spacial score (nSPS) is 17.6. The van der Waals surface area contributed by atoms with Crippen LogP contribution in [0.3, 0.4) is 0 Å². The lowest BCUT2D eigenvalue weighted by Gasteiger charge is -2.32. The Labute approximate surface area is 267 Å². The van der Waals surface area contributed by atoms with Crippen LogP contribution in [0.1, 0.15) is 53.4 Å². The predicted octanol–water partition coefficient (Wildman–Crippen LogP) is 7.54. The average Bonchev–Trinajstić information content (AvgIpc) is 3.38. The van der Waals surface area contributed by atoms with Gasteiger partial charge in [0, 0.05) is 47.3 Å². The van der Waals surface area contributed by atoms with Crippen molar-refractivity contribution >= 4 is 34.8 Å². The molecule has 3 aromatic heterocycles. The summed E-state index contributed by atoms with van der Waals surface area (Å²) >= 11 is 5.87. The summed E-state index contributed by atoms with van der Waals surface area (Å²) in [6.45, 7) is 4.46. The van der Waals surface area contributed by atoms with Gasteiger partial charge in [-0.2, -0.15) is 0 Å². The highest BCUT2D eigenvalue weighted by Crippen LogP contribution is 2.30. The van der Waals surface area contributed by atoms with Gasteiger partial charge < -0.3 is 14.0 Å². The van der Waals surface area contributed by atoms with Crippen LogP contribution < -0.4 is 4.74 Å². The fourth-order valence-electron chi connectivity index (χ4n) is 6.04. The van der Waals surface area contributed by atoms with Crippen LogP contribution in [-0.4, -0.2) is 50.2 Å². The van der Waals surface area contributed by atoms with Crippen LogP contribution >= 0.6 is 11.6 Å². The standard InChI is InChI=1S/C36H35ClFN5O2/c37-29-10-9-28(31(38)20-29)24-45-36-5-1-4-32(41-36)27-12-16-42(17-13-27)23-35-40-33-19-25(6-7-26-3-2-15-39-21-26)8-11-34(33)43(35)22-30-14-18-44-30/h1-11,15,19-21,27,30H,12-14,16-18,22-24H2/b7-6+. The maximum Gasteiger partial charge on any atom is 0.213 e. The van der Waals surface area contributed by atoms with Crippen molar-refractivity contribution in [1.82, 2.24) is 24.4 Å². The van der Waals surface area contributed by atoms with Crippen LogP contribution in [0.4, 0.5) is 4.39 Å². The largest absolute Gasteiger partial charge is 0.473 e. The van der Waals surface area contributed by atoms with Crippen molar-refractivity contribution in [2.24, 2.45) is 0 Å². The first-order valence-corrected chi connectivity index (χ1v) is 15.9. The molecule has 5 aromatic rings. The summed E-state index contributed by atoms with van der Waals surface area (Å²) in [4.78, 5) is 16.6. The predicted molar refractivity (Wildman–Crippen MR) is 174 cm³/mol. The van der Waals surface area contributed by atoms with E-state index in [0.29, 0.717) is 22.4 Å². The Morgan fingerprint density at radius 1 is 0.956 bits per heavy atom. The molecule has 45 heavy (non-hydrogen) atoms. The van der Waals surface area contributed by atoms with E-state index in [1.165, 1.54) is 6.07 Å². The molecule has 2 saturated heterocycles. The average molecular weight is 624 g/mol. The number of piperidine rings is 1. The Balaban J connectivity index is 1.01. The molecule has 7 rings (SSSR count).